The lowest BCUT2D eigenvalue weighted by Gasteiger charge is -2.23. The van der Waals surface area contributed by atoms with Crippen molar-refractivity contribution in [3.8, 4) is 0 Å². The molecule has 4 nitrogen and oxygen atoms in total. The summed E-state index contributed by atoms with van der Waals surface area (Å²) < 4.78 is 1.59. The number of anilines is 2. The Morgan fingerprint density at radius 2 is 1.54 bits per heavy atom. The first-order chi connectivity index (χ1) is 11.8. The molecule has 4 heteroatoms. The maximum absolute atomic E-state index is 13.3. The van der Waals surface area contributed by atoms with Gasteiger partial charge in [0.1, 0.15) is 0 Å². The zero-order chi connectivity index (χ0) is 16.5. The normalized spacial score (nSPS) is 12.9. The molecule has 0 spiro atoms. The Hall–Kier alpha value is -2.88. The number of nitrogens with zero attached hydrogens (tertiary/aromatic N) is 3. The van der Waals surface area contributed by atoms with Crippen LogP contribution in [0.4, 0.5) is 16.2 Å². The number of aryl methyl sites for hydroxylation is 1. The summed E-state index contributed by atoms with van der Waals surface area (Å²) >= 11 is 0. The average Bonchev–Trinajstić information content (AvgIpc) is 3.21. The molecule has 4 rings (SSSR count). The van der Waals surface area contributed by atoms with Crippen LogP contribution in [-0.4, -0.2) is 15.8 Å². The number of carbonyl (C=O) groups excluding carboxylic acids is 1. The fourth-order valence-corrected chi connectivity index (χ4v) is 3.40. The highest BCUT2D eigenvalue weighted by Gasteiger charge is 2.27. The molecule has 0 aliphatic heterocycles. The van der Waals surface area contributed by atoms with Crippen molar-refractivity contribution in [3.05, 3.63) is 77.6 Å². The number of hydrogen-bond acceptors (Lipinski definition) is 2. The number of fused-ring (bicyclic) bond motifs is 1. The molecule has 2 aromatic carbocycles. The molecule has 120 valence electrons. The van der Waals surface area contributed by atoms with Crippen molar-refractivity contribution in [3.63, 3.8) is 0 Å². The van der Waals surface area contributed by atoms with Gasteiger partial charge in [0.25, 0.3) is 0 Å². The van der Waals surface area contributed by atoms with Gasteiger partial charge >= 0.3 is 6.03 Å². The van der Waals surface area contributed by atoms with Crippen LogP contribution in [0.15, 0.2) is 60.7 Å². The Balaban J connectivity index is 1.83. The van der Waals surface area contributed by atoms with Crippen LogP contribution >= 0.6 is 0 Å². The van der Waals surface area contributed by atoms with Crippen molar-refractivity contribution in [2.75, 3.05) is 4.90 Å². The van der Waals surface area contributed by atoms with Gasteiger partial charge < -0.3 is 0 Å². The summed E-state index contributed by atoms with van der Waals surface area (Å²) in [5.74, 6) is 0. The number of aromatic nitrogens is 2. The summed E-state index contributed by atoms with van der Waals surface area (Å²) in [5.41, 5.74) is 4.96. The van der Waals surface area contributed by atoms with Crippen molar-refractivity contribution < 1.29 is 4.79 Å². The third kappa shape index (κ3) is 2.40. The lowest BCUT2D eigenvalue weighted by molar-refractivity contribution is 0.246. The highest BCUT2D eigenvalue weighted by molar-refractivity contribution is 6.00. The molecule has 0 atom stereocenters. The molecule has 0 N–H and O–H groups in total. The van der Waals surface area contributed by atoms with Crippen LogP contribution in [0.2, 0.25) is 0 Å². The smallest absolute Gasteiger partial charge is 0.261 e. The summed E-state index contributed by atoms with van der Waals surface area (Å²) in [6, 6.07) is 19.3. The van der Waals surface area contributed by atoms with Gasteiger partial charge in [-0.1, -0.05) is 36.4 Å². The molecule has 3 aromatic rings. The van der Waals surface area contributed by atoms with Gasteiger partial charge in [0, 0.05) is 0 Å². The largest absolute Gasteiger partial charge is 0.354 e. The van der Waals surface area contributed by atoms with E-state index in [-0.39, 0.29) is 6.03 Å². The zero-order valence-corrected chi connectivity index (χ0v) is 13.6. The molecule has 0 bridgehead atoms. The summed E-state index contributed by atoms with van der Waals surface area (Å²) in [7, 11) is 0. The van der Waals surface area contributed by atoms with Gasteiger partial charge in [-0.15, -0.1) is 0 Å². The molecule has 24 heavy (non-hydrogen) atoms. The molecule has 1 heterocycles. The molecule has 1 aliphatic rings. The molecule has 0 radical (unpaired) electrons. The molecular formula is C20H19N3O. The predicted molar refractivity (Wildman–Crippen MR) is 94.8 cm³/mol. The minimum Gasteiger partial charge on any atom is -0.261 e. The molecular weight excluding hydrogens is 298 g/mol. The zero-order valence-electron chi connectivity index (χ0n) is 13.6. The Kier molecular flexibility index (Phi) is 3.65. The first-order valence-electron chi connectivity index (χ1n) is 8.27. The number of rotatable bonds is 2. The quantitative estimate of drug-likeness (QED) is 0.698. The molecule has 0 fully saturated rings. The standard InChI is InChI=1S/C20H19N3O/c1-15-18-13-8-14-19(18)23(21-15)20(24)22(16-9-4-2-5-10-16)17-11-6-3-7-12-17/h2-7,9-12H,8,13-14H2,1H3. The summed E-state index contributed by atoms with van der Waals surface area (Å²) in [6.07, 6.45) is 3.03. The van der Waals surface area contributed by atoms with Crippen molar-refractivity contribution in [1.29, 1.82) is 0 Å². The maximum atomic E-state index is 13.3. The lowest BCUT2D eigenvalue weighted by Crippen LogP contribution is -2.32. The Morgan fingerprint density at radius 3 is 2.12 bits per heavy atom. The van der Waals surface area contributed by atoms with Crippen LogP contribution in [0, 0.1) is 6.92 Å². The van der Waals surface area contributed by atoms with E-state index in [0.29, 0.717) is 0 Å². The average molecular weight is 317 g/mol. The first kappa shape index (κ1) is 14.7. The first-order valence-corrected chi connectivity index (χ1v) is 8.27. The summed E-state index contributed by atoms with van der Waals surface area (Å²) in [6.45, 7) is 1.99. The van der Waals surface area contributed by atoms with E-state index in [4.69, 9.17) is 0 Å². The molecule has 1 amide bonds. The Labute approximate surface area is 141 Å². The maximum Gasteiger partial charge on any atom is 0.354 e. The lowest BCUT2D eigenvalue weighted by atomic mass is 10.2. The summed E-state index contributed by atoms with van der Waals surface area (Å²) in [4.78, 5) is 15.1. The minimum atomic E-state index is -0.126. The van der Waals surface area contributed by atoms with Gasteiger partial charge in [0.15, 0.2) is 0 Å². The van der Waals surface area contributed by atoms with Gasteiger partial charge in [-0.2, -0.15) is 9.78 Å². The van der Waals surface area contributed by atoms with Crippen molar-refractivity contribution in [2.24, 2.45) is 0 Å². The van der Waals surface area contributed by atoms with Crippen LogP contribution in [0.5, 0.6) is 0 Å². The second-order valence-corrected chi connectivity index (χ2v) is 6.07. The van der Waals surface area contributed by atoms with Crippen molar-refractivity contribution in [1.82, 2.24) is 9.78 Å². The van der Waals surface area contributed by atoms with Gasteiger partial charge in [0.05, 0.1) is 22.8 Å². The van der Waals surface area contributed by atoms with Crippen LogP contribution < -0.4 is 4.90 Å². The molecule has 1 aliphatic carbocycles. The molecule has 0 saturated heterocycles. The third-order valence-electron chi connectivity index (χ3n) is 4.53. The van der Waals surface area contributed by atoms with E-state index >= 15 is 0 Å². The number of benzene rings is 2. The van der Waals surface area contributed by atoms with E-state index in [1.54, 1.807) is 9.58 Å². The molecule has 0 unspecified atom stereocenters. The van der Waals surface area contributed by atoms with E-state index in [9.17, 15) is 4.79 Å². The second-order valence-electron chi connectivity index (χ2n) is 6.07. The van der Waals surface area contributed by atoms with Crippen molar-refractivity contribution in [2.45, 2.75) is 26.2 Å². The van der Waals surface area contributed by atoms with Crippen LogP contribution in [0.1, 0.15) is 23.4 Å². The fraction of sp³-hybridized carbons (Fsp3) is 0.200. The Bertz CT molecular complexity index is 829. The van der Waals surface area contributed by atoms with E-state index < -0.39 is 0 Å². The SMILES string of the molecule is Cc1nn(C(=O)N(c2ccccc2)c2ccccc2)c2c1CCC2. The third-order valence-corrected chi connectivity index (χ3v) is 4.53. The predicted octanol–water partition coefficient (Wildman–Crippen LogP) is 4.49. The van der Waals surface area contributed by atoms with E-state index in [0.717, 1.165) is 42.0 Å². The van der Waals surface area contributed by atoms with Crippen LogP contribution in [0.25, 0.3) is 0 Å². The van der Waals surface area contributed by atoms with E-state index in [1.165, 1.54) is 5.56 Å². The second kappa shape index (κ2) is 5.96. The minimum absolute atomic E-state index is 0.126. The van der Waals surface area contributed by atoms with Crippen LogP contribution in [-0.2, 0) is 12.8 Å². The van der Waals surface area contributed by atoms with Crippen molar-refractivity contribution >= 4 is 17.4 Å². The van der Waals surface area contributed by atoms with E-state index in [2.05, 4.69) is 5.10 Å². The fourth-order valence-electron chi connectivity index (χ4n) is 3.40. The van der Waals surface area contributed by atoms with Gasteiger partial charge in [-0.05, 0) is 56.0 Å². The topological polar surface area (TPSA) is 38.1 Å². The van der Waals surface area contributed by atoms with E-state index in [1.807, 2.05) is 67.6 Å². The Morgan fingerprint density at radius 1 is 0.958 bits per heavy atom. The highest BCUT2D eigenvalue weighted by atomic mass is 16.2. The number of amides is 1. The monoisotopic (exact) mass is 317 g/mol. The van der Waals surface area contributed by atoms with Gasteiger partial charge in [-0.3, -0.25) is 4.90 Å². The molecule has 0 saturated carbocycles. The van der Waals surface area contributed by atoms with Gasteiger partial charge in [0.2, 0.25) is 0 Å². The van der Waals surface area contributed by atoms with Gasteiger partial charge in [-0.25, -0.2) is 4.79 Å². The number of para-hydroxylation sites is 2. The highest BCUT2D eigenvalue weighted by Crippen LogP contribution is 2.29. The summed E-state index contributed by atoms with van der Waals surface area (Å²) in [5, 5.41) is 4.53. The number of carbonyl (C=O) groups is 1. The molecule has 1 aromatic heterocycles. The van der Waals surface area contributed by atoms with Crippen LogP contribution in [0.3, 0.4) is 0 Å². The number of hydrogen-bond donors (Lipinski definition) is 0.